The number of hydrogen-bond donors (Lipinski definition) is 1. The minimum absolute atomic E-state index is 0.208. The summed E-state index contributed by atoms with van der Waals surface area (Å²) in [5.41, 5.74) is 0. The van der Waals surface area contributed by atoms with Gasteiger partial charge in [0.25, 0.3) is 0 Å². The van der Waals surface area contributed by atoms with Gasteiger partial charge in [-0.15, -0.1) is 0 Å². The van der Waals surface area contributed by atoms with Crippen LogP contribution in [-0.2, 0) is 0 Å². The standard InChI is InChI=1S/C17H32N2O/c1-3-4-5-6-7-8-9-10-11-12-13-17-18-14-15-19(17)16(2)20/h7-8,14,16-17,20H,3-6,9-13,15H2,1-2H3/b8-7+. The Bertz CT molecular complexity index is 287. The van der Waals surface area contributed by atoms with Crippen molar-refractivity contribution < 1.29 is 5.11 Å². The van der Waals surface area contributed by atoms with E-state index in [9.17, 15) is 5.11 Å². The van der Waals surface area contributed by atoms with E-state index in [1.165, 1.54) is 51.4 Å². The fraction of sp³-hybridized carbons (Fsp3) is 0.824. The molecule has 1 heterocycles. The van der Waals surface area contributed by atoms with Crippen LogP contribution in [0.2, 0.25) is 0 Å². The van der Waals surface area contributed by atoms with Crippen molar-refractivity contribution in [3.05, 3.63) is 12.2 Å². The molecule has 0 radical (unpaired) electrons. The molecule has 0 saturated carbocycles. The van der Waals surface area contributed by atoms with Crippen LogP contribution >= 0.6 is 0 Å². The van der Waals surface area contributed by atoms with Crippen molar-refractivity contribution in [1.29, 1.82) is 0 Å². The first-order valence-corrected chi connectivity index (χ1v) is 8.36. The van der Waals surface area contributed by atoms with Crippen LogP contribution in [0, 0.1) is 0 Å². The van der Waals surface area contributed by atoms with Gasteiger partial charge in [-0.1, -0.05) is 38.3 Å². The summed E-state index contributed by atoms with van der Waals surface area (Å²) in [6.45, 7) is 4.87. The van der Waals surface area contributed by atoms with Crippen molar-refractivity contribution in [3.63, 3.8) is 0 Å². The van der Waals surface area contributed by atoms with Crippen molar-refractivity contribution >= 4 is 6.21 Å². The minimum atomic E-state index is -0.381. The average Bonchev–Trinajstić information content (AvgIpc) is 2.89. The Hall–Kier alpha value is -0.670. The number of nitrogens with zero attached hydrogens (tertiary/aromatic N) is 2. The Labute approximate surface area is 124 Å². The van der Waals surface area contributed by atoms with Crippen LogP contribution < -0.4 is 0 Å². The summed E-state index contributed by atoms with van der Waals surface area (Å²) in [4.78, 5) is 6.49. The third kappa shape index (κ3) is 7.20. The molecule has 0 saturated heterocycles. The first-order valence-electron chi connectivity index (χ1n) is 8.36. The molecule has 1 aliphatic rings. The Balaban J connectivity index is 1.95. The quantitative estimate of drug-likeness (QED) is 0.456. The zero-order chi connectivity index (χ0) is 14.6. The van der Waals surface area contributed by atoms with Crippen LogP contribution in [0.5, 0.6) is 0 Å². The number of aliphatic imine (C=N–C) groups is 1. The minimum Gasteiger partial charge on any atom is -0.379 e. The summed E-state index contributed by atoms with van der Waals surface area (Å²) in [5, 5.41) is 9.62. The second-order valence-corrected chi connectivity index (χ2v) is 5.75. The van der Waals surface area contributed by atoms with Crippen LogP contribution in [0.4, 0.5) is 0 Å². The molecule has 2 unspecified atom stereocenters. The van der Waals surface area contributed by atoms with Crippen LogP contribution in [0.25, 0.3) is 0 Å². The van der Waals surface area contributed by atoms with Crippen LogP contribution in [0.1, 0.15) is 71.6 Å². The highest BCUT2D eigenvalue weighted by Crippen LogP contribution is 2.17. The third-order valence-electron chi connectivity index (χ3n) is 3.91. The molecule has 0 fully saturated rings. The predicted molar refractivity (Wildman–Crippen MR) is 87.0 cm³/mol. The number of rotatable bonds is 11. The molecule has 0 amide bonds. The van der Waals surface area contributed by atoms with Crippen molar-refractivity contribution in [3.8, 4) is 0 Å². The van der Waals surface area contributed by atoms with E-state index < -0.39 is 0 Å². The highest BCUT2D eigenvalue weighted by molar-refractivity contribution is 5.62. The summed E-state index contributed by atoms with van der Waals surface area (Å²) in [6, 6.07) is 0. The molecular weight excluding hydrogens is 248 g/mol. The Morgan fingerprint density at radius 2 is 1.90 bits per heavy atom. The Kier molecular flexibility index (Phi) is 9.60. The van der Waals surface area contributed by atoms with Crippen LogP contribution in [0.15, 0.2) is 17.1 Å². The molecule has 0 aromatic carbocycles. The van der Waals surface area contributed by atoms with E-state index in [4.69, 9.17) is 0 Å². The third-order valence-corrected chi connectivity index (χ3v) is 3.91. The Morgan fingerprint density at radius 3 is 2.55 bits per heavy atom. The van der Waals surface area contributed by atoms with Gasteiger partial charge < -0.3 is 5.11 Å². The summed E-state index contributed by atoms with van der Waals surface area (Å²) in [6.07, 6.45) is 17.7. The maximum absolute atomic E-state index is 9.62. The molecule has 0 aromatic heterocycles. The largest absolute Gasteiger partial charge is 0.379 e. The summed E-state index contributed by atoms with van der Waals surface area (Å²) in [7, 11) is 0. The van der Waals surface area contributed by atoms with Gasteiger partial charge in [-0.2, -0.15) is 0 Å². The molecule has 3 heteroatoms. The van der Waals surface area contributed by atoms with Crippen molar-refractivity contribution in [2.45, 2.75) is 84.0 Å². The van der Waals surface area contributed by atoms with Gasteiger partial charge in [0.1, 0.15) is 12.4 Å². The van der Waals surface area contributed by atoms with E-state index in [2.05, 4.69) is 24.1 Å². The van der Waals surface area contributed by atoms with Crippen LogP contribution in [-0.4, -0.2) is 35.2 Å². The van der Waals surface area contributed by atoms with Gasteiger partial charge in [0.05, 0.1) is 0 Å². The van der Waals surface area contributed by atoms with Gasteiger partial charge in [-0.05, 0) is 45.4 Å². The van der Waals surface area contributed by atoms with E-state index in [1.807, 2.05) is 18.0 Å². The second kappa shape index (κ2) is 11.0. The number of allylic oxidation sites excluding steroid dienone is 2. The van der Waals surface area contributed by atoms with Crippen molar-refractivity contribution in [1.82, 2.24) is 4.90 Å². The average molecular weight is 280 g/mol. The monoisotopic (exact) mass is 280 g/mol. The number of aliphatic hydroxyl groups excluding tert-OH is 1. The highest BCUT2D eigenvalue weighted by Gasteiger charge is 2.23. The van der Waals surface area contributed by atoms with Gasteiger partial charge >= 0.3 is 0 Å². The zero-order valence-corrected chi connectivity index (χ0v) is 13.3. The molecule has 1 aliphatic heterocycles. The fourth-order valence-corrected chi connectivity index (χ4v) is 2.63. The normalized spacial score (nSPS) is 21.1. The van der Waals surface area contributed by atoms with E-state index in [1.54, 1.807) is 0 Å². The molecule has 0 bridgehead atoms. The molecule has 0 aliphatic carbocycles. The second-order valence-electron chi connectivity index (χ2n) is 5.75. The smallest absolute Gasteiger partial charge is 0.106 e. The molecule has 0 spiro atoms. The number of hydrogen-bond acceptors (Lipinski definition) is 3. The van der Waals surface area contributed by atoms with Gasteiger partial charge in [0.15, 0.2) is 0 Å². The summed E-state index contributed by atoms with van der Waals surface area (Å²) >= 11 is 0. The maximum Gasteiger partial charge on any atom is 0.106 e. The molecular formula is C17H32N2O. The number of aliphatic hydroxyl groups is 1. The maximum atomic E-state index is 9.62. The lowest BCUT2D eigenvalue weighted by atomic mass is 10.1. The number of unbranched alkanes of at least 4 members (excludes halogenated alkanes) is 6. The molecule has 1 N–H and O–H groups in total. The van der Waals surface area contributed by atoms with Gasteiger partial charge in [-0.3, -0.25) is 9.89 Å². The summed E-state index contributed by atoms with van der Waals surface area (Å²) < 4.78 is 0. The van der Waals surface area contributed by atoms with E-state index >= 15 is 0 Å². The topological polar surface area (TPSA) is 35.8 Å². The molecule has 20 heavy (non-hydrogen) atoms. The lowest BCUT2D eigenvalue weighted by Crippen LogP contribution is -2.37. The van der Waals surface area contributed by atoms with E-state index in [-0.39, 0.29) is 12.4 Å². The van der Waals surface area contributed by atoms with Gasteiger partial charge in [0, 0.05) is 12.8 Å². The van der Waals surface area contributed by atoms with Crippen molar-refractivity contribution in [2.24, 2.45) is 4.99 Å². The molecule has 3 nitrogen and oxygen atoms in total. The first-order chi connectivity index (χ1) is 9.75. The SMILES string of the molecule is CCCCC/C=C/CCCCCC1N=CCN1C(C)O. The first kappa shape index (κ1) is 17.4. The molecule has 1 rings (SSSR count). The van der Waals surface area contributed by atoms with Gasteiger partial charge in [-0.25, -0.2) is 0 Å². The van der Waals surface area contributed by atoms with Crippen LogP contribution in [0.3, 0.4) is 0 Å². The van der Waals surface area contributed by atoms with E-state index in [0.717, 1.165) is 13.0 Å². The highest BCUT2D eigenvalue weighted by atomic mass is 16.3. The summed E-state index contributed by atoms with van der Waals surface area (Å²) in [5.74, 6) is 0. The van der Waals surface area contributed by atoms with E-state index in [0.29, 0.717) is 0 Å². The molecule has 2 atom stereocenters. The fourth-order valence-electron chi connectivity index (χ4n) is 2.63. The predicted octanol–water partition coefficient (Wildman–Crippen LogP) is 4.12. The van der Waals surface area contributed by atoms with Crippen molar-refractivity contribution in [2.75, 3.05) is 6.54 Å². The molecule has 116 valence electrons. The zero-order valence-electron chi connectivity index (χ0n) is 13.3. The molecule has 0 aromatic rings. The lowest BCUT2D eigenvalue weighted by Gasteiger charge is -2.25. The Morgan fingerprint density at radius 1 is 1.20 bits per heavy atom. The lowest BCUT2D eigenvalue weighted by molar-refractivity contribution is 0.00711. The van der Waals surface area contributed by atoms with Gasteiger partial charge in [0.2, 0.25) is 0 Å².